The molecule has 0 fully saturated rings. The lowest BCUT2D eigenvalue weighted by atomic mass is 10.1. The number of nitrogens with zero attached hydrogens (tertiary/aromatic N) is 1. The maximum Gasteiger partial charge on any atom is 0.335 e. The highest BCUT2D eigenvalue weighted by Crippen LogP contribution is 2.20. The Bertz CT molecular complexity index is 429. The van der Waals surface area contributed by atoms with E-state index < -0.39 is 5.97 Å². The van der Waals surface area contributed by atoms with Crippen molar-refractivity contribution < 1.29 is 14.6 Å². The SMILES string of the molecule is COCCN(CC(C)C)c1ccc(C(=O)O)c(C)c1. The predicted octanol–water partition coefficient (Wildman–Crippen LogP) is 2.80. The van der Waals surface area contributed by atoms with Crippen molar-refractivity contribution in [3.63, 3.8) is 0 Å². The van der Waals surface area contributed by atoms with Crippen LogP contribution >= 0.6 is 0 Å². The number of aryl methyl sites for hydroxylation is 1. The van der Waals surface area contributed by atoms with Crippen molar-refractivity contribution in [2.45, 2.75) is 20.8 Å². The fraction of sp³-hybridized carbons (Fsp3) is 0.533. The van der Waals surface area contributed by atoms with Gasteiger partial charge in [-0.25, -0.2) is 4.79 Å². The Kier molecular flexibility index (Phi) is 5.83. The highest BCUT2D eigenvalue weighted by atomic mass is 16.5. The van der Waals surface area contributed by atoms with Crippen LogP contribution in [0.2, 0.25) is 0 Å². The number of aromatic carboxylic acids is 1. The first-order valence-electron chi connectivity index (χ1n) is 6.53. The summed E-state index contributed by atoms with van der Waals surface area (Å²) in [6, 6.07) is 5.48. The number of rotatable bonds is 7. The van der Waals surface area contributed by atoms with Crippen LogP contribution in [0.25, 0.3) is 0 Å². The van der Waals surface area contributed by atoms with E-state index in [0.29, 0.717) is 18.1 Å². The Morgan fingerprint density at radius 3 is 2.58 bits per heavy atom. The molecule has 0 heterocycles. The summed E-state index contributed by atoms with van der Waals surface area (Å²) in [5, 5.41) is 9.05. The van der Waals surface area contributed by atoms with E-state index in [1.165, 1.54) is 0 Å². The number of carboxylic acids is 1. The molecule has 0 aliphatic rings. The number of carboxylic acid groups (broad SMARTS) is 1. The first-order chi connectivity index (χ1) is 8.95. The molecule has 0 radical (unpaired) electrons. The second kappa shape index (κ2) is 7.14. The van der Waals surface area contributed by atoms with Gasteiger partial charge in [0.2, 0.25) is 0 Å². The van der Waals surface area contributed by atoms with E-state index in [2.05, 4.69) is 18.7 Å². The van der Waals surface area contributed by atoms with E-state index in [1.807, 2.05) is 19.1 Å². The molecule has 1 aromatic rings. The van der Waals surface area contributed by atoms with Gasteiger partial charge < -0.3 is 14.7 Å². The van der Waals surface area contributed by atoms with Crippen LogP contribution in [0.4, 0.5) is 5.69 Å². The number of hydrogen-bond donors (Lipinski definition) is 1. The molecule has 0 bridgehead atoms. The van der Waals surface area contributed by atoms with Crippen LogP contribution in [0, 0.1) is 12.8 Å². The molecule has 0 saturated carbocycles. The van der Waals surface area contributed by atoms with Crippen molar-refractivity contribution >= 4 is 11.7 Å². The lowest BCUT2D eigenvalue weighted by molar-refractivity contribution is 0.0696. The second-order valence-electron chi connectivity index (χ2n) is 5.14. The molecule has 0 saturated heterocycles. The lowest BCUT2D eigenvalue weighted by Crippen LogP contribution is -2.31. The van der Waals surface area contributed by atoms with Crippen LogP contribution in [0.3, 0.4) is 0 Å². The van der Waals surface area contributed by atoms with Gasteiger partial charge in [0.1, 0.15) is 0 Å². The van der Waals surface area contributed by atoms with E-state index in [0.717, 1.165) is 24.3 Å². The molecule has 0 spiro atoms. The molecule has 0 amide bonds. The zero-order chi connectivity index (χ0) is 14.4. The van der Waals surface area contributed by atoms with Crippen molar-refractivity contribution in [1.29, 1.82) is 0 Å². The summed E-state index contributed by atoms with van der Waals surface area (Å²) < 4.78 is 5.13. The van der Waals surface area contributed by atoms with Gasteiger partial charge in [0.25, 0.3) is 0 Å². The highest BCUT2D eigenvalue weighted by Gasteiger charge is 2.12. The molecular formula is C15H23NO3. The Balaban J connectivity index is 2.95. The molecule has 106 valence electrons. The topological polar surface area (TPSA) is 49.8 Å². The molecule has 4 heteroatoms. The van der Waals surface area contributed by atoms with Gasteiger partial charge in [-0.15, -0.1) is 0 Å². The maximum atomic E-state index is 11.0. The van der Waals surface area contributed by atoms with Crippen LogP contribution in [-0.2, 0) is 4.74 Å². The van der Waals surface area contributed by atoms with Crippen molar-refractivity contribution in [3.8, 4) is 0 Å². The minimum absolute atomic E-state index is 0.361. The van der Waals surface area contributed by atoms with E-state index in [4.69, 9.17) is 9.84 Å². The number of hydrogen-bond acceptors (Lipinski definition) is 3. The zero-order valence-corrected chi connectivity index (χ0v) is 12.1. The molecule has 0 aromatic heterocycles. The summed E-state index contributed by atoms with van der Waals surface area (Å²) in [5.41, 5.74) is 2.20. The van der Waals surface area contributed by atoms with E-state index in [9.17, 15) is 4.79 Å². The van der Waals surface area contributed by atoms with Gasteiger partial charge in [-0.05, 0) is 36.6 Å². The Labute approximate surface area is 115 Å². The van der Waals surface area contributed by atoms with Gasteiger partial charge in [0.15, 0.2) is 0 Å². The predicted molar refractivity (Wildman–Crippen MR) is 77.1 cm³/mol. The third kappa shape index (κ3) is 4.56. The van der Waals surface area contributed by atoms with Crippen LogP contribution < -0.4 is 4.90 Å². The number of carbonyl (C=O) groups is 1. The minimum Gasteiger partial charge on any atom is -0.478 e. The summed E-state index contributed by atoms with van der Waals surface area (Å²) in [4.78, 5) is 13.2. The van der Waals surface area contributed by atoms with Gasteiger partial charge in [-0.1, -0.05) is 13.8 Å². The molecule has 1 aromatic carbocycles. The fourth-order valence-electron chi connectivity index (χ4n) is 2.05. The molecule has 0 aliphatic heterocycles. The van der Waals surface area contributed by atoms with Crippen LogP contribution in [0.5, 0.6) is 0 Å². The summed E-state index contributed by atoms with van der Waals surface area (Å²) in [5.74, 6) is -0.340. The number of anilines is 1. The third-order valence-corrected chi connectivity index (χ3v) is 2.96. The molecule has 4 nitrogen and oxygen atoms in total. The first-order valence-corrected chi connectivity index (χ1v) is 6.53. The normalized spacial score (nSPS) is 10.8. The van der Waals surface area contributed by atoms with Crippen molar-refractivity contribution in [2.24, 2.45) is 5.92 Å². The van der Waals surface area contributed by atoms with Gasteiger partial charge in [-0.3, -0.25) is 0 Å². The summed E-state index contributed by atoms with van der Waals surface area (Å²) in [6.45, 7) is 8.55. The van der Waals surface area contributed by atoms with Crippen molar-refractivity contribution in [2.75, 3.05) is 31.7 Å². The van der Waals surface area contributed by atoms with E-state index >= 15 is 0 Å². The molecule has 1 rings (SSSR count). The third-order valence-electron chi connectivity index (χ3n) is 2.96. The standard InChI is InChI=1S/C15H23NO3/c1-11(2)10-16(7-8-19-4)13-5-6-14(15(17)18)12(3)9-13/h5-6,9,11H,7-8,10H2,1-4H3,(H,17,18). The average molecular weight is 265 g/mol. The largest absolute Gasteiger partial charge is 0.478 e. The van der Waals surface area contributed by atoms with Crippen LogP contribution in [0.1, 0.15) is 29.8 Å². The quantitative estimate of drug-likeness (QED) is 0.823. The van der Waals surface area contributed by atoms with E-state index in [1.54, 1.807) is 13.2 Å². The smallest absolute Gasteiger partial charge is 0.335 e. The Hall–Kier alpha value is -1.55. The molecule has 0 unspecified atom stereocenters. The van der Waals surface area contributed by atoms with Gasteiger partial charge in [0.05, 0.1) is 12.2 Å². The Morgan fingerprint density at radius 2 is 2.11 bits per heavy atom. The fourth-order valence-corrected chi connectivity index (χ4v) is 2.05. The molecular weight excluding hydrogens is 242 g/mol. The van der Waals surface area contributed by atoms with Crippen LogP contribution in [0.15, 0.2) is 18.2 Å². The minimum atomic E-state index is -0.878. The van der Waals surface area contributed by atoms with Gasteiger partial charge in [-0.2, -0.15) is 0 Å². The van der Waals surface area contributed by atoms with Crippen molar-refractivity contribution in [1.82, 2.24) is 0 Å². The molecule has 0 atom stereocenters. The number of benzene rings is 1. The number of methoxy groups -OCH3 is 1. The molecule has 1 N–H and O–H groups in total. The average Bonchev–Trinajstić information content (AvgIpc) is 2.33. The summed E-state index contributed by atoms with van der Waals surface area (Å²) >= 11 is 0. The first kappa shape index (κ1) is 15.5. The maximum absolute atomic E-state index is 11.0. The summed E-state index contributed by atoms with van der Waals surface area (Å²) in [7, 11) is 1.69. The van der Waals surface area contributed by atoms with Gasteiger partial charge in [0, 0.05) is 25.9 Å². The number of ether oxygens (including phenoxy) is 1. The van der Waals surface area contributed by atoms with Crippen molar-refractivity contribution in [3.05, 3.63) is 29.3 Å². The van der Waals surface area contributed by atoms with Crippen LogP contribution in [-0.4, -0.2) is 37.9 Å². The zero-order valence-electron chi connectivity index (χ0n) is 12.1. The lowest BCUT2D eigenvalue weighted by Gasteiger charge is -2.27. The highest BCUT2D eigenvalue weighted by molar-refractivity contribution is 5.89. The Morgan fingerprint density at radius 1 is 1.42 bits per heavy atom. The molecule has 19 heavy (non-hydrogen) atoms. The van der Waals surface area contributed by atoms with Gasteiger partial charge >= 0.3 is 5.97 Å². The second-order valence-corrected chi connectivity index (χ2v) is 5.14. The summed E-state index contributed by atoms with van der Waals surface area (Å²) in [6.07, 6.45) is 0. The van der Waals surface area contributed by atoms with E-state index in [-0.39, 0.29) is 0 Å². The molecule has 0 aliphatic carbocycles. The monoisotopic (exact) mass is 265 g/mol.